The van der Waals surface area contributed by atoms with Crippen molar-refractivity contribution in [3.05, 3.63) is 30.5 Å². The molecule has 0 amide bonds. The van der Waals surface area contributed by atoms with E-state index in [4.69, 9.17) is 4.74 Å². The van der Waals surface area contributed by atoms with Gasteiger partial charge in [0.1, 0.15) is 19.2 Å². The third-order valence-corrected chi connectivity index (χ3v) is 2.82. The van der Waals surface area contributed by atoms with Crippen molar-refractivity contribution in [3.63, 3.8) is 0 Å². The number of rotatable bonds is 3. The average molecular weight is 223 g/mol. The highest BCUT2D eigenvalue weighted by Crippen LogP contribution is 2.36. The molecule has 1 aromatic heterocycles. The third kappa shape index (κ3) is 2.63. The van der Waals surface area contributed by atoms with Gasteiger partial charge in [-0.3, -0.25) is 0 Å². The largest absolute Gasteiger partial charge is 0.486 e. The lowest BCUT2D eigenvalue weighted by Gasteiger charge is -2.09. The number of benzene rings is 1. The van der Waals surface area contributed by atoms with Crippen LogP contribution in [0.5, 0.6) is 5.75 Å². The molecule has 0 unspecified atom stereocenters. The van der Waals surface area contributed by atoms with Crippen LogP contribution in [0, 0.1) is 0 Å². The number of ether oxygens (including phenoxy) is 1. The van der Waals surface area contributed by atoms with E-state index in [-0.39, 0.29) is 0 Å². The average Bonchev–Trinajstić information content (AvgIpc) is 2.60. The molecular weight excluding hydrogens is 209 g/mol. The van der Waals surface area contributed by atoms with E-state index in [0.717, 1.165) is 16.7 Å². The molecule has 0 bridgehead atoms. The van der Waals surface area contributed by atoms with Gasteiger partial charge in [-0.1, -0.05) is 0 Å². The van der Waals surface area contributed by atoms with Crippen LogP contribution in [0.2, 0.25) is 0 Å². The second-order valence-electron chi connectivity index (χ2n) is 4.07. The fraction of sp³-hybridized carbons (Fsp3) is 0.273. The summed E-state index contributed by atoms with van der Waals surface area (Å²) in [6, 6.07) is 7.77. The Hall–Kier alpha value is -1.21. The van der Waals surface area contributed by atoms with Gasteiger partial charge >= 0.3 is 0 Å². The second-order valence-corrected chi connectivity index (χ2v) is 7.48. The first kappa shape index (κ1) is 10.3. The smallest absolute Gasteiger partial charge is 0.140 e. The molecule has 1 aromatic carbocycles. The first-order chi connectivity index (χ1) is 7.04. The molecule has 0 fully saturated rings. The maximum atomic E-state index is 11.5. The maximum absolute atomic E-state index is 11.5. The van der Waals surface area contributed by atoms with Gasteiger partial charge in [0.05, 0.1) is 0 Å². The zero-order valence-corrected chi connectivity index (χ0v) is 9.75. The van der Waals surface area contributed by atoms with E-state index in [1.807, 2.05) is 30.5 Å². The Morgan fingerprint density at radius 1 is 1.33 bits per heavy atom. The van der Waals surface area contributed by atoms with Gasteiger partial charge in [-0.25, -0.2) is 0 Å². The third-order valence-electron chi connectivity index (χ3n) is 2.07. The van der Waals surface area contributed by atoms with Crippen LogP contribution in [-0.4, -0.2) is 24.7 Å². The van der Waals surface area contributed by atoms with E-state index in [1.54, 1.807) is 13.3 Å². The molecule has 0 aliphatic carbocycles. The molecule has 0 saturated carbocycles. The van der Waals surface area contributed by atoms with Gasteiger partial charge in [0, 0.05) is 17.1 Å². The lowest BCUT2D eigenvalue weighted by molar-refractivity contribution is 0.378. The van der Waals surface area contributed by atoms with Crippen molar-refractivity contribution in [2.24, 2.45) is 0 Å². The monoisotopic (exact) mass is 223 g/mol. The van der Waals surface area contributed by atoms with Gasteiger partial charge in [0.15, 0.2) is 0 Å². The topological polar surface area (TPSA) is 42.1 Å². The normalized spacial score (nSPS) is 11.9. The molecule has 0 saturated heterocycles. The minimum absolute atomic E-state index is 0.295. The van der Waals surface area contributed by atoms with Gasteiger partial charge in [-0.2, -0.15) is 0 Å². The van der Waals surface area contributed by atoms with Gasteiger partial charge in [-0.05, 0) is 37.6 Å². The van der Waals surface area contributed by atoms with Gasteiger partial charge in [0.2, 0.25) is 0 Å². The van der Waals surface area contributed by atoms with Crippen molar-refractivity contribution in [3.8, 4) is 5.75 Å². The lowest BCUT2D eigenvalue weighted by Crippen LogP contribution is -1.96. The van der Waals surface area contributed by atoms with Crippen LogP contribution in [0.4, 0.5) is 0 Å². The number of nitrogens with one attached hydrogen (secondary N) is 1. The summed E-state index contributed by atoms with van der Waals surface area (Å²) in [6.45, 7) is 3.45. The summed E-state index contributed by atoms with van der Waals surface area (Å²) in [5, 5.41) is 1.11. The summed E-state index contributed by atoms with van der Waals surface area (Å²) in [7, 11) is -2.11. The summed E-state index contributed by atoms with van der Waals surface area (Å²) in [4.78, 5) is 3.11. The zero-order chi connectivity index (χ0) is 10.9. The molecule has 0 aliphatic rings. The Morgan fingerprint density at radius 3 is 2.87 bits per heavy atom. The van der Waals surface area contributed by atoms with Crippen LogP contribution in [0.1, 0.15) is 0 Å². The molecule has 4 heteroatoms. The fourth-order valence-electron chi connectivity index (χ4n) is 1.35. The van der Waals surface area contributed by atoms with E-state index < -0.39 is 7.14 Å². The number of hydrogen-bond acceptors (Lipinski definition) is 2. The van der Waals surface area contributed by atoms with E-state index in [1.165, 1.54) is 0 Å². The molecule has 1 heterocycles. The Labute approximate surface area is 88.8 Å². The number of fused-ring (bicyclic) bond motifs is 1. The summed E-state index contributed by atoms with van der Waals surface area (Å²) >= 11 is 0. The van der Waals surface area contributed by atoms with E-state index in [0.29, 0.717) is 6.35 Å². The molecule has 0 spiro atoms. The number of H-pyrrole nitrogens is 1. The Balaban J connectivity index is 2.18. The molecule has 2 aromatic rings. The summed E-state index contributed by atoms with van der Waals surface area (Å²) in [5.74, 6) is 0.769. The van der Waals surface area contributed by atoms with Crippen molar-refractivity contribution in [1.29, 1.82) is 0 Å². The summed E-state index contributed by atoms with van der Waals surface area (Å²) in [6.07, 6.45) is 2.18. The van der Waals surface area contributed by atoms with Crippen molar-refractivity contribution in [2.45, 2.75) is 0 Å². The predicted molar refractivity (Wildman–Crippen MR) is 63.2 cm³/mol. The Bertz CT molecular complexity index is 512. The van der Waals surface area contributed by atoms with Crippen molar-refractivity contribution in [2.75, 3.05) is 19.7 Å². The molecule has 0 aliphatic heterocycles. The van der Waals surface area contributed by atoms with Gasteiger partial charge in [0.25, 0.3) is 0 Å². The number of aromatic nitrogens is 1. The molecule has 2 rings (SSSR count). The van der Waals surface area contributed by atoms with Crippen LogP contribution in [0.3, 0.4) is 0 Å². The maximum Gasteiger partial charge on any atom is 0.140 e. The predicted octanol–water partition coefficient (Wildman–Crippen LogP) is 3.13. The first-order valence-corrected chi connectivity index (χ1v) is 7.57. The van der Waals surface area contributed by atoms with Crippen molar-refractivity contribution in [1.82, 2.24) is 4.98 Å². The highest BCUT2D eigenvalue weighted by Gasteiger charge is 2.07. The minimum Gasteiger partial charge on any atom is -0.486 e. The molecule has 15 heavy (non-hydrogen) atoms. The molecule has 0 atom stereocenters. The Kier molecular flexibility index (Phi) is 2.57. The first-order valence-electron chi connectivity index (χ1n) is 4.78. The van der Waals surface area contributed by atoms with Crippen molar-refractivity contribution >= 4 is 18.0 Å². The van der Waals surface area contributed by atoms with Crippen LogP contribution < -0.4 is 4.74 Å². The summed E-state index contributed by atoms with van der Waals surface area (Å²) in [5.41, 5.74) is 1.08. The second kappa shape index (κ2) is 3.74. The highest BCUT2D eigenvalue weighted by molar-refractivity contribution is 7.62. The lowest BCUT2D eigenvalue weighted by atomic mass is 10.2. The quantitative estimate of drug-likeness (QED) is 0.812. The SMILES string of the molecule is CP(C)(=O)COc1ccc2[nH]ccc2c1. The zero-order valence-electron chi connectivity index (χ0n) is 8.86. The van der Waals surface area contributed by atoms with Gasteiger partial charge < -0.3 is 14.3 Å². The van der Waals surface area contributed by atoms with Crippen LogP contribution in [0.25, 0.3) is 10.9 Å². The molecule has 3 nitrogen and oxygen atoms in total. The van der Waals surface area contributed by atoms with E-state index >= 15 is 0 Å². The van der Waals surface area contributed by atoms with Crippen molar-refractivity contribution < 1.29 is 9.30 Å². The summed E-state index contributed by atoms with van der Waals surface area (Å²) < 4.78 is 16.9. The van der Waals surface area contributed by atoms with Crippen LogP contribution in [-0.2, 0) is 4.57 Å². The number of aromatic amines is 1. The van der Waals surface area contributed by atoms with Gasteiger partial charge in [-0.15, -0.1) is 0 Å². The van der Waals surface area contributed by atoms with E-state index in [9.17, 15) is 4.57 Å². The molecule has 80 valence electrons. The number of hydrogen-bond donors (Lipinski definition) is 1. The van der Waals surface area contributed by atoms with E-state index in [2.05, 4.69) is 4.98 Å². The molecule has 1 N–H and O–H groups in total. The van der Waals surface area contributed by atoms with Crippen LogP contribution in [0.15, 0.2) is 30.5 Å². The van der Waals surface area contributed by atoms with Crippen LogP contribution >= 0.6 is 7.14 Å². The Morgan fingerprint density at radius 2 is 2.13 bits per heavy atom. The molecular formula is C11H14NO2P. The fourth-order valence-corrected chi connectivity index (χ4v) is 1.81. The highest BCUT2D eigenvalue weighted by atomic mass is 31.2. The standard InChI is InChI=1S/C11H14NO2P/c1-15(2,13)8-14-10-3-4-11-9(7-10)5-6-12-11/h3-7,12H,8H2,1-2H3. The minimum atomic E-state index is -2.11. The molecule has 0 radical (unpaired) electrons.